The predicted octanol–water partition coefficient (Wildman–Crippen LogP) is 3.83. The molecule has 0 saturated carbocycles. The Morgan fingerprint density at radius 1 is 0.806 bits per heavy atom. The van der Waals surface area contributed by atoms with E-state index in [-0.39, 0.29) is 5.56 Å². The lowest BCUT2D eigenvalue weighted by Crippen LogP contribution is -2.35. The fourth-order valence-corrected chi connectivity index (χ4v) is 4.12. The van der Waals surface area contributed by atoms with Gasteiger partial charge in [-0.3, -0.25) is 9.48 Å². The Labute approximate surface area is 182 Å². The fourth-order valence-electron chi connectivity index (χ4n) is 4.12. The minimum atomic E-state index is -1.59. The third-order valence-corrected chi connectivity index (χ3v) is 5.91. The van der Waals surface area contributed by atoms with E-state index in [4.69, 9.17) is 0 Å². The summed E-state index contributed by atoms with van der Waals surface area (Å²) in [4.78, 5) is 15.8. The summed E-state index contributed by atoms with van der Waals surface area (Å²) in [5, 5.41) is 12.3. The summed E-state index contributed by atoms with van der Waals surface area (Å²) in [5.41, 5.74) is 2.29. The lowest BCUT2D eigenvalue weighted by molar-refractivity contribution is 0.123. The number of benzene rings is 3. The first-order chi connectivity index (χ1) is 14.9. The van der Waals surface area contributed by atoms with Crippen LogP contribution in [0.25, 0.3) is 5.69 Å². The van der Waals surface area contributed by atoms with Crippen molar-refractivity contribution < 1.29 is 5.11 Å². The van der Waals surface area contributed by atoms with Crippen LogP contribution in [0.1, 0.15) is 22.4 Å². The maximum atomic E-state index is 13.8. The largest absolute Gasteiger partial charge is 0.378 e. The van der Waals surface area contributed by atoms with Crippen molar-refractivity contribution >= 4 is 5.69 Å². The molecule has 0 bridgehead atoms. The molecule has 31 heavy (non-hydrogen) atoms. The summed E-state index contributed by atoms with van der Waals surface area (Å²) < 4.78 is 3.40. The average molecular weight is 414 g/mol. The molecule has 0 fully saturated rings. The third kappa shape index (κ3) is 3.37. The van der Waals surface area contributed by atoms with E-state index in [0.29, 0.717) is 22.4 Å². The van der Waals surface area contributed by atoms with E-state index in [2.05, 4.69) is 0 Å². The molecule has 0 radical (unpaired) electrons. The highest BCUT2D eigenvalue weighted by Gasteiger charge is 2.40. The molecule has 0 aliphatic heterocycles. The molecule has 5 heteroatoms. The lowest BCUT2D eigenvalue weighted by atomic mass is 9.80. The van der Waals surface area contributed by atoms with Gasteiger partial charge in [-0.2, -0.15) is 0 Å². The summed E-state index contributed by atoms with van der Waals surface area (Å²) in [5.74, 6) is 0. The topological polar surface area (TPSA) is 50.4 Å². The molecule has 4 rings (SSSR count). The zero-order valence-electron chi connectivity index (χ0n) is 18.3. The van der Waals surface area contributed by atoms with Crippen LogP contribution in [-0.4, -0.2) is 28.6 Å². The highest BCUT2D eigenvalue weighted by Crippen LogP contribution is 2.37. The molecule has 0 spiro atoms. The van der Waals surface area contributed by atoms with Crippen molar-refractivity contribution in [2.75, 3.05) is 19.0 Å². The fraction of sp³-hybridized carbons (Fsp3) is 0.192. The molecular weight excluding hydrogens is 386 g/mol. The van der Waals surface area contributed by atoms with Gasteiger partial charge in [0.25, 0.3) is 5.56 Å². The van der Waals surface area contributed by atoms with Gasteiger partial charge in [0, 0.05) is 32.5 Å². The van der Waals surface area contributed by atoms with Crippen LogP contribution in [0.15, 0.2) is 89.7 Å². The molecule has 1 atom stereocenters. The van der Waals surface area contributed by atoms with Crippen molar-refractivity contribution in [1.29, 1.82) is 0 Å². The molecule has 1 aromatic heterocycles. The zero-order valence-corrected chi connectivity index (χ0v) is 18.3. The number of rotatable bonds is 5. The zero-order chi connectivity index (χ0) is 22.2. The summed E-state index contributed by atoms with van der Waals surface area (Å²) >= 11 is 0. The quantitative estimate of drug-likeness (QED) is 0.541. The van der Waals surface area contributed by atoms with Crippen molar-refractivity contribution in [3.63, 3.8) is 0 Å². The van der Waals surface area contributed by atoms with E-state index in [0.717, 1.165) is 11.4 Å². The number of anilines is 1. The SMILES string of the molecule is Cc1c(C(O)(c2ccccc2)c2ccc(N(C)C)cc2)c(=O)n(-c2ccccc2)n1C. The Hall–Kier alpha value is -3.57. The summed E-state index contributed by atoms with van der Waals surface area (Å²) in [7, 11) is 5.78. The van der Waals surface area contributed by atoms with Crippen LogP contribution < -0.4 is 10.5 Å². The minimum absolute atomic E-state index is 0.241. The number of nitrogens with zero attached hydrogens (tertiary/aromatic N) is 3. The molecule has 1 unspecified atom stereocenters. The smallest absolute Gasteiger partial charge is 0.278 e. The van der Waals surface area contributed by atoms with Gasteiger partial charge in [-0.25, -0.2) is 4.68 Å². The monoisotopic (exact) mass is 413 g/mol. The van der Waals surface area contributed by atoms with Gasteiger partial charge in [0.2, 0.25) is 0 Å². The first-order valence-corrected chi connectivity index (χ1v) is 10.3. The van der Waals surface area contributed by atoms with Gasteiger partial charge in [-0.05, 0) is 42.3 Å². The Kier molecular flexibility index (Phi) is 5.29. The lowest BCUT2D eigenvalue weighted by Gasteiger charge is -2.29. The van der Waals surface area contributed by atoms with Crippen molar-refractivity contribution in [3.05, 3.63) is 118 Å². The predicted molar refractivity (Wildman–Crippen MR) is 125 cm³/mol. The van der Waals surface area contributed by atoms with Crippen LogP contribution in [0.5, 0.6) is 0 Å². The number of para-hydroxylation sites is 1. The summed E-state index contributed by atoms with van der Waals surface area (Å²) in [6.45, 7) is 1.87. The molecule has 0 aliphatic carbocycles. The maximum Gasteiger partial charge on any atom is 0.278 e. The highest BCUT2D eigenvalue weighted by molar-refractivity contribution is 5.53. The normalized spacial score (nSPS) is 13.1. The summed E-state index contributed by atoms with van der Waals surface area (Å²) in [6.07, 6.45) is 0. The molecule has 5 nitrogen and oxygen atoms in total. The Morgan fingerprint density at radius 2 is 1.32 bits per heavy atom. The van der Waals surface area contributed by atoms with Crippen molar-refractivity contribution in [3.8, 4) is 5.69 Å². The average Bonchev–Trinajstić information content (AvgIpc) is 3.03. The second-order valence-electron chi connectivity index (χ2n) is 7.95. The molecule has 1 heterocycles. The Balaban J connectivity index is 2.01. The van der Waals surface area contributed by atoms with E-state index in [1.165, 1.54) is 0 Å². The van der Waals surface area contributed by atoms with E-state index >= 15 is 0 Å². The number of aliphatic hydroxyl groups is 1. The van der Waals surface area contributed by atoms with Gasteiger partial charge in [0.1, 0.15) is 5.60 Å². The van der Waals surface area contributed by atoms with Gasteiger partial charge in [0.05, 0.1) is 11.3 Å². The van der Waals surface area contributed by atoms with E-state index in [9.17, 15) is 9.90 Å². The van der Waals surface area contributed by atoms with Crippen LogP contribution in [0.4, 0.5) is 5.69 Å². The molecule has 0 amide bonds. The van der Waals surface area contributed by atoms with Gasteiger partial charge in [-0.1, -0.05) is 60.7 Å². The van der Waals surface area contributed by atoms with E-state index in [1.807, 2.05) is 118 Å². The molecule has 158 valence electrons. The molecule has 0 aliphatic rings. The Bertz CT molecular complexity index is 1240. The van der Waals surface area contributed by atoms with Crippen LogP contribution in [-0.2, 0) is 12.6 Å². The first-order valence-electron chi connectivity index (χ1n) is 10.3. The van der Waals surface area contributed by atoms with Crippen molar-refractivity contribution in [2.24, 2.45) is 7.05 Å². The van der Waals surface area contributed by atoms with Crippen LogP contribution >= 0.6 is 0 Å². The third-order valence-electron chi connectivity index (χ3n) is 5.91. The standard InChI is InChI=1S/C26H27N3O2/c1-19-24(25(30)29(28(19)4)23-13-9-6-10-14-23)26(31,20-11-7-5-8-12-20)21-15-17-22(18-16-21)27(2)3/h5-18,31H,1-4H3. The first kappa shape index (κ1) is 20.7. The molecule has 4 aromatic rings. The minimum Gasteiger partial charge on any atom is -0.378 e. The highest BCUT2D eigenvalue weighted by atomic mass is 16.3. The second-order valence-corrected chi connectivity index (χ2v) is 7.95. The number of hydrogen-bond acceptors (Lipinski definition) is 3. The summed E-state index contributed by atoms with van der Waals surface area (Å²) in [6, 6.07) is 26.5. The molecule has 0 saturated heterocycles. The van der Waals surface area contributed by atoms with Gasteiger partial charge in [0.15, 0.2) is 0 Å². The second kappa shape index (κ2) is 7.93. The Morgan fingerprint density at radius 3 is 1.87 bits per heavy atom. The molecule has 1 N–H and O–H groups in total. The number of hydrogen-bond donors (Lipinski definition) is 1. The van der Waals surface area contributed by atoms with Gasteiger partial charge in [-0.15, -0.1) is 0 Å². The van der Waals surface area contributed by atoms with Crippen LogP contribution in [0, 0.1) is 6.92 Å². The van der Waals surface area contributed by atoms with Crippen molar-refractivity contribution in [2.45, 2.75) is 12.5 Å². The van der Waals surface area contributed by atoms with Crippen LogP contribution in [0.2, 0.25) is 0 Å². The van der Waals surface area contributed by atoms with E-state index in [1.54, 1.807) is 9.36 Å². The number of aromatic nitrogens is 2. The van der Waals surface area contributed by atoms with Crippen LogP contribution in [0.3, 0.4) is 0 Å². The van der Waals surface area contributed by atoms with E-state index < -0.39 is 5.60 Å². The molecular formula is C26H27N3O2. The maximum absolute atomic E-state index is 13.8. The van der Waals surface area contributed by atoms with Gasteiger partial charge >= 0.3 is 0 Å². The van der Waals surface area contributed by atoms with Gasteiger partial charge < -0.3 is 10.0 Å². The molecule has 3 aromatic carbocycles. The van der Waals surface area contributed by atoms with Crippen molar-refractivity contribution in [1.82, 2.24) is 9.36 Å².